The van der Waals surface area contributed by atoms with Crippen LogP contribution in [-0.2, 0) is 9.53 Å². The summed E-state index contributed by atoms with van der Waals surface area (Å²) in [5, 5.41) is 1.68. The molecule has 0 N–H and O–H groups in total. The van der Waals surface area contributed by atoms with Crippen LogP contribution in [0.5, 0.6) is 0 Å². The molecule has 1 unspecified atom stereocenters. The lowest BCUT2D eigenvalue weighted by molar-refractivity contribution is -0.144. The molecule has 1 aliphatic rings. The molecule has 6 nitrogen and oxygen atoms in total. The number of carbonyl (C=O) groups is 1. The summed E-state index contributed by atoms with van der Waals surface area (Å²) in [5.41, 5.74) is 1.86. The summed E-state index contributed by atoms with van der Waals surface area (Å²) in [6.45, 7) is 3.98. The Morgan fingerprint density at radius 2 is 2.25 bits per heavy atom. The molecule has 4 rings (SSSR count). The zero-order chi connectivity index (χ0) is 19.5. The highest BCUT2D eigenvalue weighted by Crippen LogP contribution is 2.31. The van der Waals surface area contributed by atoms with E-state index in [4.69, 9.17) is 21.3 Å². The largest absolute Gasteiger partial charge is 0.466 e. The van der Waals surface area contributed by atoms with Crippen molar-refractivity contribution in [2.45, 2.75) is 26.2 Å². The second-order valence-electron chi connectivity index (χ2n) is 7.09. The average Bonchev–Trinajstić information content (AvgIpc) is 3.22. The van der Waals surface area contributed by atoms with Crippen LogP contribution in [0.15, 0.2) is 43.0 Å². The average molecular weight is 399 g/mol. The first-order valence-corrected chi connectivity index (χ1v) is 10.0. The minimum Gasteiger partial charge on any atom is -0.466 e. The van der Waals surface area contributed by atoms with Crippen LogP contribution in [0.4, 0.5) is 5.82 Å². The predicted octanol–water partition coefficient (Wildman–Crippen LogP) is 4.24. The number of hydrogen-bond acceptors (Lipinski definition) is 5. The number of carbonyl (C=O) groups excluding carboxylic acids is 1. The number of esters is 1. The molecule has 0 spiro atoms. The van der Waals surface area contributed by atoms with Gasteiger partial charge in [-0.05, 0) is 43.9 Å². The second-order valence-corrected chi connectivity index (χ2v) is 7.53. The van der Waals surface area contributed by atoms with E-state index < -0.39 is 0 Å². The maximum absolute atomic E-state index is 11.9. The zero-order valence-electron chi connectivity index (χ0n) is 15.8. The third-order valence-electron chi connectivity index (χ3n) is 5.12. The SMILES string of the molecule is CCOC(=O)CC1CCCN(c2cc(-n3ccnc3)c3ccc(Cl)cc3n2)C1. The number of anilines is 1. The number of piperidine rings is 1. The molecule has 146 valence electrons. The summed E-state index contributed by atoms with van der Waals surface area (Å²) in [4.78, 5) is 23.2. The maximum Gasteiger partial charge on any atom is 0.306 e. The van der Waals surface area contributed by atoms with Crippen LogP contribution in [0.3, 0.4) is 0 Å². The number of aromatic nitrogens is 3. The Morgan fingerprint density at radius 1 is 1.36 bits per heavy atom. The van der Waals surface area contributed by atoms with Crippen LogP contribution >= 0.6 is 11.6 Å². The molecule has 0 saturated carbocycles. The fourth-order valence-corrected chi connectivity index (χ4v) is 4.01. The zero-order valence-corrected chi connectivity index (χ0v) is 16.6. The number of imidazole rings is 1. The van der Waals surface area contributed by atoms with E-state index >= 15 is 0 Å². The summed E-state index contributed by atoms with van der Waals surface area (Å²) >= 11 is 6.22. The molecule has 2 aromatic heterocycles. The number of fused-ring (bicyclic) bond motifs is 1. The molecule has 0 amide bonds. The third kappa shape index (κ3) is 3.97. The van der Waals surface area contributed by atoms with Crippen LogP contribution in [0.2, 0.25) is 5.02 Å². The van der Waals surface area contributed by atoms with Crippen molar-refractivity contribution in [3.63, 3.8) is 0 Å². The quantitative estimate of drug-likeness (QED) is 0.601. The molecular weight excluding hydrogens is 376 g/mol. The van der Waals surface area contributed by atoms with Crippen molar-refractivity contribution >= 4 is 34.3 Å². The van der Waals surface area contributed by atoms with Crippen molar-refractivity contribution in [2.75, 3.05) is 24.6 Å². The molecule has 1 saturated heterocycles. The summed E-state index contributed by atoms with van der Waals surface area (Å²) in [5.74, 6) is 1.06. The molecule has 28 heavy (non-hydrogen) atoms. The van der Waals surface area contributed by atoms with E-state index in [1.165, 1.54) is 0 Å². The highest BCUT2D eigenvalue weighted by atomic mass is 35.5. The van der Waals surface area contributed by atoms with Crippen molar-refractivity contribution in [3.8, 4) is 5.69 Å². The lowest BCUT2D eigenvalue weighted by Gasteiger charge is -2.33. The second kappa shape index (κ2) is 8.19. The first kappa shape index (κ1) is 18.7. The Hall–Kier alpha value is -2.60. The lowest BCUT2D eigenvalue weighted by atomic mass is 9.95. The van der Waals surface area contributed by atoms with Crippen LogP contribution < -0.4 is 4.90 Å². The van der Waals surface area contributed by atoms with Crippen molar-refractivity contribution < 1.29 is 9.53 Å². The van der Waals surface area contributed by atoms with Gasteiger partial charge < -0.3 is 14.2 Å². The van der Waals surface area contributed by atoms with Gasteiger partial charge in [-0.2, -0.15) is 0 Å². The maximum atomic E-state index is 11.9. The molecule has 1 aromatic carbocycles. The minimum absolute atomic E-state index is 0.119. The van der Waals surface area contributed by atoms with E-state index in [1.54, 1.807) is 12.5 Å². The van der Waals surface area contributed by atoms with Crippen molar-refractivity contribution in [1.29, 1.82) is 0 Å². The van der Waals surface area contributed by atoms with E-state index in [2.05, 4.69) is 16.0 Å². The number of rotatable bonds is 5. The van der Waals surface area contributed by atoms with Gasteiger partial charge in [-0.25, -0.2) is 9.97 Å². The highest BCUT2D eigenvalue weighted by molar-refractivity contribution is 6.31. The van der Waals surface area contributed by atoms with Crippen LogP contribution in [0, 0.1) is 5.92 Å². The van der Waals surface area contributed by atoms with Gasteiger partial charge in [0.25, 0.3) is 0 Å². The number of ether oxygens (including phenoxy) is 1. The van der Waals surface area contributed by atoms with Crippen LogP contribution in [0.1, 0.15) is 26.2 Å². The summed E-state index contributed by atoms with van der Waals surface area (Å²) < 4.78 is 7.11. The first-order chi connectivity index (χ1) is 13.6. The molecule has 0 radical (unpaired) electrons. The van der Waals surface area contributed by atoms with Crippen molar-refractivity contribution in [3.05, 3.63) is 48.0 Å². The monoisotopic (exact) mass is 398 g/mol. The predicted molar refractivity (Wildman–Crippen MR) is 110 cm³/mol. The Kier molecular flexibility index (Phi) is 5.48. The van der Waals surface area contributed by atoms with Gasteiger partial charge in [-0.3, -0.25) is 4.79 Å². The van der Waals surface area contributed by atoms with Gasteiger partial charge in [0, 0.05) is 42.0 Å². The van der Waals surface area contributed by atoms with Crippen molar-refractivity contribution in [1.82, 2.24) is 14.5 Å². The van der Waals surface area contributed by atoms with Gasteiger partial charge in [-0.15, -0.1) is 0 Å². The van der Waals surface area contributed by atoms with E-state index in [1.807, 2.05) is 35.9 Å². The summed E-state index contributed by atoms with van der Waals surface area (Å²) in [6.07, 6.45) is 7.99. The number of hydrogen-bond donors (Lipinski definition) is 0. The van der Waals surface area contributed by atoms with E-state index in [9.17, 15) is 4.79 Å². The molecule has 1 atom stereocenters. The Labute approximate surface area is 169 Å². The molecule has 3 heterocycles. The van der Waals surface area contributed by atoms with Crippen LogP contribution in [-0.4, -0.2) is 40.2 Å². The number of pyridine rings is 1. The molecule has 7 heteroatoms. The van der Waals surface area contributed by atoms with Gasteiger partial charge in [0.2, 0.25) is 0 Å². The fraction of sp³-hybridized carbons (Fsp3) is 0.381. The highest BCUT2D eigenvalue weighted by Gasteiger charge is 2.24. The van der Waals surface area contributed by atoms with E-state index in [0.29, 0.717) is 18.1 Å². The van der Waals surface area contributed by atoms with Gasteiger partial charge in [0.15, 0.2) is 0 Å². The standard InChI is InChI=1S/C21H23ClN4O2/c1-2-28-21(27)10-15-4-3-8-25(13-15)20-12-19(26-9-7-23-14-26)17-6-5-16(22)11-18(17)24-20/h5-7,9,11-12,14-15H,2-4,8,10,13H2,1H3. The van der Waals surface area contributed by atoms with Gasteiger partial charge in [0.05, 0.1) is 30.6 Å². The van der Waals surface area contributed by atoms with Gasteiger partial charge >= 0.3 is 5.97 Å². The van der Waals surface area contributed by atoms with E-state index in [-0.39, 0.29) is 11.9 Å². The molecule has 0 aliphatic carbocycles. The lowest BCUT2D eigenvalue weighted by Crippen LogP contribution is -2.37. The van der Waals surface area contributed by atoms with Gasteiger partial charge in [0.1, 0.15) is 5.82 Å². The van der Waals surface area contributed by atoms with Crippen molar-refractivity contribution in [2.24, 2.45) is 5.92 Å². The fourth-order valence-electron chi connectivity index (χ4n) is 3.84. The topological polar surface area (TPSA) is 60.2 Å². The minimum atomic E-state index is -0.119. The normalized spacial score (nSPS) is 17.1. The van der Waals surface area contributed by atoms with Gasteiger partial charge in [-0.1, -0.05) is 11.6 Å². The molecular formula is C21H23ClN4O2. The first-order valence-electron chi connectivity index (χ1n) is 9.63. The molecule has 0 bridgehead atoms. The molecule has 1 aliphatic heterocycles. The van der Waals surface area contributed by atoms with E-state index in [0.717, 1.165) is 48.3 Å². The molecule has 3 aromatic rings. The Morgan fingerprint density at radius 3 is 3.04 bits per heavy atom. The number of halogens is 1. The number of nitrogens with zero attached hydrogens (tertiary/aromatic N) is 4. The van der Waals surface area contributed by atoms with Crippen LogP contribution in [0.25, 0.3) is 16.6 Å². The Balaban J connectivity index is 1.67. The Bertz CT molecular complexity index is 974. The summed E-state index contributed by atoms with van der Waals surface area (Å²) in [6, 6.07) is 7.84. The third-order valence-corrected chi connectivity index (χ3v) is 5.36. The summed E-state index contributed by atoms with van der Waals surface area (Å²) in [7, 11) is 0. The molecule has 1 fully saturated rings. The smallest absolute Gasteiger partial charge is 0.306 e. The number of benzene rings is 1.